The first-order valence-electron chi connectivity index (χ1n) is 6.60. The van der Waals surface area contributed by atoms with E-state index in [2.05, 4.69) is 28.1 Å². The van der Waals surface area contributed by atoms with Gasteiger partial charge in [0.25, 0.3) is 0 Å². The predicted octanol–water partition coefficient (Wildman–Crippen LogP) is 4.94. The summed E-state index contributed by atoms with van der Waals surface area (Å²) < 4.78 is 23.9. The molecule has 112 valence electrons. The molecule has 0 radical (unpaired) electrons. The predicted molar refractivity (Wildman–Crippen MR) is 86.2 cm³/mol. The molecule has 4 heteroatoms. The lowest BCUT2D eigenvalue weighted by Gasteiger charge is -2.16. The summed E-state index contributed by atoms with van der Waals surface area (Å²) in [5, 5.41) is 0. The van der Waals surface area contributed by atoms with E-state index >= 15 is 0 Å². The second-order valence-electron chi connectivity index (χ2n) is 4.94. The highest BCUT2D eigenvalue weighted by Gasteiger charge is 2.16. The second-order valence-corrected chi connectivity index (χ2v) is 5.86. The van der Waals surface area contributed by atoms with Gasteiger partial charge in [-0.05, 0) is 48.2 Å². The smallest absolute Gasteiger partial charge is 0.165 e. The van der Waals surface area contributed by atoms with Crippen LogP contribution in [0, 0.1) is 19.7 Å². The highest BCUT2D eigenvalue weighted by Crippen LogP contribution is 2.36. The molecule has 2 nitrogen and oxygen atoms in total. The van der Waals surface area contributed by atoms with Crippen LogP contribution in [0.2, 0.25) is 0 Å². The molecule has 0 amide bonds. The third-order valence-corrected chi connectivity index (χ3v) is 4.50. The summed E-state index contributed by atoms with van der Waals surface area (Å²) in [6.07, 6.45) is 0. The molecular weight excluding hydrogens is 335 g/mol. The fourth-order valence-electron chi connectivity index (χ4n) is 2.48. The lowest BCUT2D eigenvalue weighted by atomic mass is 9.99. The number of hydrogen-bond acceptors (Lipinski definition) is 2. The summed E-state index contributed by atoms with van der Waals surface area (Å²) in [5.41, 5.74) is 4.19. The molecule has 0 aliphatic heterocycles. The Morgan fingerprint density at radius 3 is 2.10 bits per heavy atom. The number of alkyl halides is 1. The van der Waals surface area contributed by atoms with E-state index in [-0.39, 0.29) is 16.4 Å². The van der Waals surface area contributed by atoms with Crippen LogP contribution in [0.25, 0.3) is 0 Å². The Labute approximate surface area is 133 Å². The Morgan fingerprint density at radius 2 is 1.57 bits per heavy atom. The SMILES string of the molecule is COc1cc(C(Br)c2cc(C)c(OC)c(C)c2)ccc1F. The molecule has 0 saturated carbocycles. The highest BCUT2D eigenvalue weighted by molar-refractivity contribution is 9.09. The molecule has 0 N–H and O–H groups in total. The van der Waals surface area contributed by atoms with Crippen molar-refractivity contribution in [2.75, 3.05) is 14.2 Å². The standard InChI is InChI=1S/C17H18BrFO2/c1-10-7-13(8-11(2)17(10)21-4)16(18)12-5-6-14(19)15(9-12)20-3/h5-9,16H,1-4H3. The van der Waals surface area contributed by atoms with Crippen LogP contribution in [0.15, 0.2) is 30.3 Å². The number of halogens is 2. The Morgan fingerprint density at radius 1 is 0.952 bits per heavy atom. The molecule has 1 atom stereocenters. The van der Waals surface area contributed by atoms with Gasteiger partial charge in [0.05, 0.1) is 19.0 Å². The molecule has 0 fully saturated rings. The molecule has 0 heterocycles. The summed E-state index contributed by atoms with van der Waals surface area (Å²) in [4.78, 5) is -0.0321. The van der Waals surface area contributed by atoms with E-state index in [9.17, 15) is 4.39 Å². The molecule has 0 saturated heterocycles. The fourth-order valence-corrected chi connectivity index (χ4v) is 3.03. The van der Waals surface area contributed by atoms with Crippen LogP contribution in [-0.2, 0) is 0 Å². The number of methoxy groups -OCH3 is 2. The third-order valence-electron chi connectivity index (χ3n) is 3.45. The van der Waals surface area contributed by atoms with Crippen LogP contribution in [0.4, 0.5) is 4.39 Å². The van der Waals surface area contributed by atoms with Gasteiger partial charge in [-0.3, -0.25) is 0 Å². The topological polar surface area (TPSA) is 18.5 Å². The highest BCUT2D eigenvalue weighted by atomic mass is 79.9. The number of ether oxygens (including phenoxy) is 2. The van der Waals surface area contributed by atoms with Gasteiger partial charge in [-0.1, -0.05) is 34.1 Å². The van der Waals surface area contributed by atoms with E-state index in [0.29, 0.717) is 0 Å². The molecule has 0 aromatic heterocycles. The van der Waals surface area contributed by atoms with Gasteiger partial charge in [-0.25, -0.2) is 4.39 Å². The molecule has 2 aromatic carbocycles. The second kappa shape index (κ2) is 6.48. The zero-order valence-electron chi connectivity index (χ0n) is 12.5. The number of benzene rings is 2. The molecule has 0 aliphatic carbocycles. The lowest BCUT2D eigenvalue weighted by molar-refractivity contribution is 0.386. The molecule has 21 heavy (non-hydrogen) atoms. The maximum absolute atomic E-state index is 13.5. The zero-order chi connectivity index (χ0) is 15.6. The minimum atomic E-state index is -0.358. The van der Waals surface area contributed by atoms with Crippen molar-refractivity contribution >= 4 is 15.9 Å². The fraction of sp³-hybridized carbons (Fsp3) is 0.294. The van der Waals surface area contributed by atoms with Gasteiger partial charge in [0, 0.05) is 0 Å². The van der Waals surface area contributed by atoms with Crippen molar-refractivity contribution in [1.29, 1.82) is 0 Å². The lowest BCUT2D eigenvalue weighted by Crippen LogP contribution is -1.99. The molecule has 1 unspecified atom stereocenters. The van der Waals surface area contributed by atoms with Crippen LogP contribution in [-0.4, -0.2) is 14.2 Å². The van der Waals surface area contributed by atoms with Crippen LogP contribution in [0.3, 0.4) is 0 Å². The minimum absolute atomic E-state index is 0.0321. The number of rotatable bonds is 4. The van der Waals surface area contributed by atoms with Crippen molar-refractivity contribution < 1.29 is 13.9 Å². The summed E-state index contributed by atoms with van der Waals surface area (Å²) >= 11 is 3.68. The molecule has 0 bridgehead atoms. The Balaban J connectivity index is 2.42. The van der Waals surface area contributed by atoms with Crippen LogP contribution in [0.5, 0.6) is 11.5 Å². The Hall–Kier alpha value is -1.55. The summed E-state index contributed by atoms with van der Waals surface area (Å²) in [7, 11) is 3.14. The Bertz CT molecular complexity index is 632. The van der Waals surface area contributed by atoms with Gasteiger partial charge in [0.15, 0.2) is 11.6 Å². The summed E-state index contributed by atoms with van der Waals surface area (Å²) in [6.45, 7) is 4.03. The van der Waals surface area contributed by atoms with Crippen molar-refractivity contribution in [3.05, 3.63) is 58.4 Å². The summed E-state index contributed by atoms with van der Waals surface area (Å²) in [5.74, 6) is 0.789. The molecule has 2 rings (SSSR count). The van der Waals surface area contributed by atoms with Crippen molar-refractivity contribution in [3.63, 3.8) is 0 Å². The first-order chi connectivity index (χ1) is 9.97. The van der Waals surface area contributed by atoms with Gasteiger partial charge in [0.2, 0.25) is 0 Å². The van der Waals surface area contributed by atoms with E-state index < -0.39 is 0 Å². The maximum atomic E-state index is 13.5. The molecular formula is C17H18BrFO2. The van der Waals surface area contributed by atoms with E-state index in [1.165, 1.54) is 13.2 Å². The first kappa shape index (κ1) is 15.8. The van der Waals surface area contributed by atoms with E-state index in [1.807, 2.05) is 13.8 Å². The van der Waals surface area contributed by atoms with Crippen LogP contribution >= 0.6 is 15.9 Å². The minimum Gasteiger partial charge on any atom is -0.496 e. The monoisotopic (exact) mass is 352 g/mol. The average Bonchev–Trinajstić information content (AvgIpc) is 2.46. The van der Waals surface area contributed by atoms with Crippen molar-refractivity contribution in [2.45, 2.75) is 18.7 Å². The Kier molecular flexibility index (Phi) is 4.88. The molecule has 2 aromatic rings. The number of aryl methyl sites for hydroxylation is 2. The van der Waals surface area contributed by atoms with Gasteiger partial charge >= 0.3 is 0 Å². The van der Waals surface area contributed by atoms with Crippen LogP contribution < -0.4 is 9.47 Å². The molecule has 0 spiro atoms. The largest absolute Gasteiger partial charge is 0.496 e. The van der Waals surface area contributed by atoms with E-state index in [4.69, 9.17) is 9.47 Å². The van der Waals surface area contributed by atoms with Crippen LogP contribution in [0.1, 0.15) is 27.1 Å². The van der Waals surface area contributed by atoms with Gasteiger partial charge in [-0.2, -0.15) is 0 Å². The third kappa shape index (κ3) is 3.21. The van der Waals surface area contributed by atoms with Crippen molar-refractivity contribution in [2.24, 2.45) is 0 Å². The van der Waals surface area contributed by atoms with Gasteiger partial charge < -0.3 is 9.47 Å². The number of hydrogen-bond donors (Lipinski definition) is 0. The normalized spacial score (nSPS) is 12.1. The molecule has 0 aliphatic rings. The van der Waals surface area contributed by atoms with Gasteiger partial charge in [-0.15, -0.1) is 0 Å². The van der Waals surface area contributed by atoms with Gasteiger partial charge in [0.1, 0.15) is 5.75 Å². The first-order valence-corrected chi connectivity index (χ1v) is 7.52. The zero-order valence-corrected chi connectivity index (χ0v) is 14.1. The van der Waals surface area contributed by atoms with Crippen molar-refractivity contribution in [1.82, 2.24) is 0 Å². The van der Waals surface area contributed by atoms with E-state index in [0.717, 1.165) is 28.0 Å². The summed E-state index contributed by atoms with van der Waals surface area (Å²) in [6, 6.07) is 9.03. The quantitative estimate of drug-likeness (QED) is 0.725. The maximum Gasteiger partial charge on any atom is 0.165 e. The van der Waals surface area contributed by atoms with E-state index in [1.54, 1.807) is 19.2 Å². The average molecular weight is 353 g/mol. The van der Waals surface area contributed by atoms with Crippen molar-refractivity contribution in [3.8, 4) is 11.5 Å².